The molecule has 1 amide bonds. The number of anilines is 1. The lowest BCUT2D eigenvalue weighted by Crippen LogP contribution is -2.27. The van der Waals surface area contributed by atoms with Crippen molar-refractivity contribution in [2.75, 3.05) is 18.8 Å². The van der Waals surface area contributed by atoms with Crippen molar-refractivity contribution in [3.63, 3.8) is 0 Å². The van der Waals surface area contributed by atoms with Crippen molar-refractivity contribution in [1.82, 2.24) is 19.4 Å². The number of hydrogen-bond acceptors (Lipinski definition) is 4. The van der Waals surface area contributed by atoms with Gasteiger partial charge in [0.05, 0.1) is 5.39 Å². The molecular formula is C21H25N5O. The highest BCUT2D eigenvalue weighted by Gasteiger charge is 2.20. The topological polar surface area (TPSA) is 77.0 Å². The van der Waals surface area contributed by atoms with Crippen molar-refractivity contribution >= 4 is 22.8 Å². The summed E-state index contributed by atoms with van der Waals surface area (Å²) in [6, 6.07) is 7.69. The van der Waals surface area contributed by atoms with Gasteiger partial charge >= 0.3 is 0 Å². The average Bonchev–Trinajstić information content (AvgIpc) is 3.40. The molecule has 1 aromatic carbocycles. The minimum absolute atomic E-state index is 0.111. The van der Waals surface area contributed by atoms with E-state index >= 15 is 0 Å². The largest absolute Gasteiger partial charge is 0.383 e. The van der Waals surface area contributed by atoms with Crippen molar-refractivity contribution in [3.8, 4) is 11.1 Å². The number of likely N-dealkylation sites (tertiary alicyclic amines) is 1. The minimum atomic E-state index is 0.111. The van der Waals surface area contributed by atoms with Gasteiger partial charge in [-0.3, -0.25) is 4.79 Å². The van der Waals surface area contributed by atoms with Gasteiger partial charge in [-0.05, 0) is 30.5 Å². The second kappa shape index (κ2) is 7.39. The molecule has 1 saturated heterocycles. The number of nitrogen functional groups attached to an aromatic ring is 1. The summed E-state index contributed by atoms with van der Waals surface area (Å²) < 4.78 is 1.94. The van der Waals surface area contributed by atoms with E-state index in [-0.39, 0.29) is 5.91 Å². The lowest BCUT2D eigenvalue weighted by molar-refractivity contribution is 0.0793. The van der Waals surface area contributed by atoms with Crippen LogP contribution < -0.4 is 5.73 Å². The third-order valence-electron chi connectivity index (χ3n) is 4.97. The number of aryl methyl sites for hydroxylation is 1. The molecule has 1 aliphatic heterocycles. The second-order valence-corrected chi connectivity index (χ2v) is 7.25. The van der Waals surface area contributed by atoms with Crippen LogP contribution >= 0.6 is 0 Å². The maximum Gasteiger partial charge on any atom is 0.253 e. The van der Waals surface area contributed by atoms with E-state index in [0.717, 1.165) is 53.7 Å². The Hall–Kier alpha value is -2.89. The van der Waals surface area contributed by atoms with Crippen molar-refractivity contribution in [3.05, 3.63) is 42.4 Å². The van der Waals surface area contributed by atoms with Crippen LogP contribution in [0.15, 0.2) is 36.8 Å². The van der Waals surface area contributed by atoms with Gasteiger partial charge in [0.1, 0.15) is 17.8 Å². The van der Waals surface area contributed by atoms with E-state index in [2.05, 4.69) is 9.97 Å². The summed E-state index contributed by atoms with van der Waals surface area (Å²) in [6.45, 7) is 1.72. The number of hydrogen-bond donors (Lipinski definition) is 1. The molecule has 5 rings (SSSR count). The van der Waals surface area contributed by atoms with E-state index in [9.17, 15) is 4.79 Å². The van der Waals surface area contributed by atoms with Gasteiger partial charge < -0.3 is 15.2 Å². The predicted octanol–water partition coefficient (Wildman–Crippen LogP) is 3.62. The summed E-state index contributed by atoms with van der Waals surface area (Å²) in [7, 11) is 1.93. The lowest BCUT2D eigenvalue weighted by Gasteiger charge is -2.15. The maximum absolute atomic E-state index is 12.4. The molecule has 0 radical (unpaired) electrons. The highest BCUT2D eigenvalue weighted by atomic mass is 16.2. The Labute approximate surface area is 159 Å². The van der Waals surface area contributed by atoms with E-state index in [1.54, 1.807) is 0 Å². The molecule has 2 fully saturated rings. The van der Waals surface area contributed by atoms with Gasteiger partial charge in [-0.1, -0.05) is 31.4 Å². The summed E-state index contributed by atoms with van der Waals surface area (Å²) in [4.78, 5) is 22.8. The molecule has 1 saturated carbocycles. The zero-order chi connectivity index (χ0) is 18.8. The number of carbonyl (C=O) groups excluding carboxylic acids is 1. The summed E-state index contributed by atoms with van der Waals surface area (Å²) in [5, 5.41) is 0.846. The molecule has 2 aliphatic rings. The number of nitrogens with two attached hydrogens (primary N) is 1. The molecule has 2 aromatic heterocycles. The smallest absolute Gasteiger partial charge is 0.253 e. The third-order valence-corrected chi connectivity index (χ3v) is 4.97. The Kier molecular flexibility index (Phi) is 4.79. The first-order valence-corrected chi connectivity index (χ1v) is 9.60. The van der Waals surface area contributed by atoms with Crippen molar-refractivity contribution in [2.45, 2.75) is 32.1 Å². The van der Waals surface area contributed by atoms with Gasteiger partial charge in [-0.25, -0.2) is 9.97 Å². The van der Waals surface area contributed by atoms with Crippen LogP contribution in [0.5, 0.6) is 0 Å². The van der Waals surface area contributed by atoms with Crippen molar-refractivity contribution < 1.29 is 4.79 Å². The fraction of sp³-hybridized carbons (Fsp3) is 0.381. The molecule has 6 nitrogen and oxygen atoms in total. The van der Waals surface area contributed by atoms with Crippen molar-refractivity contribution in [2.24, 2.45) is 7.05 Å². The summed E-state index contributed by atoms with van der Waals surface area (Å²) >= 11 is 0. The average molecular weight is 363 g/mol. The first-order chi connectivity index (χ1) is 13.1. The van der Waals surface area contributed by atoms with Crippen LogP contribution in [-0.2, 0) is 7.05 Å². The first-order valence-electron chi connectivity index (χ1n) is 9.60. The molecule has 140 valence electrons. The molecule has 2 N–H and O–H groups in total. The third kappa shape index (κ3) is 3.65. The van der Waals surface area contributed by atoms with Crippen LogP contribution in [0.1, 0.15) is 42.5 Å². The Bertz CT molecular complexity index is 950. The standard InChI is InChI=1S/C18H19N5O.C3H6/c1-22-10-14(15-16(19)20-11-21-17(15)22)12-4-6-13(7-5-12)18(24)23-8-2-3-9-23;1-2-3-1/h4-7,10-11H,2-3,8-9H2,1H3,(H2,19,20,21);1-3H2. The zero-order valence-corrected chi connectivity index (χ0v) is 15.7. The SMILES string of the molecule is C1CC1.Cn1cc(-c2ccc(C(=O)N3CCCC3)cc2)c2c(N)ncnc21. The van der Waals surface area contributed by atoms with Gasteiger partial charge in [-0.2, -0.15) is 0 Å². The summed E-state index contributed by atoms with van der Waals surface area (Å²) in [6.07, 6.45) is 10.2. The molecule has 0 bridgehead atoms. The molecule has 0 unspecified atom stereocenters. The van der Waals surface area contributed by atoms with Gasteiger partial charge in [0.2, 0.25) is 0 Å². The Balaban J connectivity index is 0.000000547. The van der Waals surface area contributed by atoms with Gasteiger partial charge in [0, 0.05) is 37.5 Å². The van der Waals surface area contributed by atoms with Crippen LogP contribution in [0.25, 0.3) is 22.2 Å². The summed E-state index contributed by atoms with van der Waals surface area (Å²) in [5.41, 5.74) is 9.55. The number of carbonyl (C=O) groups is 1. The fourth-order valence-corrected chi connectivity index (χ4v) is 3.35. The van der Waals surface area contributed by atoms with E-state index < -0.39 is 0 Å². The Morgan fingerprint density at radius 2 is 1.67 bits per heavy atom. The van der Waals surface area contributed by atoms with E-state index in [1.165, 1.54) is 25.6 Å². The van der Waals surface area contributed by atoms with Crippen LogP contribution in [0.4, 0.5) is 5.82 Å². The quantitative estimate of drug-likeness (QED) is 0.754. The number of aromatic nitrogens is 3. The predicted molar refractivity (Wildman–Crippen MR) is 107 cm³/mol. The number of amides is 1. The molecule has 27 heavy (non-hydrogen) atoms. The van der Waals surface area contributed by atoms with Gasteiger partial charge in [-0.15, -0.1) is 0 Å². The second-order valence-electron chi connectivity index (χ2n) is 7.25. The van der Waals surface area contributed by atoms with Crippen molar-refractivity contribution in [1.29, 1.82) is 0 Å². The van der Waals surface area contributed by atoms with Gasteiger partial charge in [0.15, 0.2) is 0 Å². The van der Waals surface area contributed by atoms with E-state index in [0.29, 0.717) is 5.82 Å². The van der Waals surface area contributed by atoms with Crippen LogP contribution in [-0.4, -0.2) is 38.4 Å². The molecule has 6 heteroatoms. The van der Waals surface area contributed by atoms with E-state index in [1.807, 2.05) is 47.0 Å². The Morgan fingerprint density at radius 1 is 1.00 bits per heavy atom. The molecular weight excluding hydrogens is 338 g/mol. The van der Waals surface area contributed by atoms with E-state index in [4.69, 9.17) is 5.73 Å². The number of fused-ring (bicyclic) bond motifs is 1. The zero-order valence-electron chi connectivity index (χ0n) is 15.7. The normalized spacial score (nSPS) is 15.5. The lowest BCUT2D eigenvalue weighted by atomic mass is 10.0. The van der Waals surface area contributed by atoms with Gasteiger partial charge in [0.25, 0.3) is 5.91 Å². The number of rotatable bonds is 2. The number of nitrogens with zero attached hydrogens (tertiary/aromatic N) is 4. The minimum Gasteiger partial charge on any atom is -0.383 e. The molecule has 3 aromatic rings. The highest BCUT2D eigenvalue weighted by Crippen LogP contribution is 2.32. The molecule has 0 spiro atoms. The highest BCUT2D eigenvalue weighted by molar-refractivity contribution is 6.01. The number of benzene rings is 1. The van der Waals surface area contributed by atoms with Crippen LogP contribution in [0.3, 0.4) is 0 Å². The molecule has 1 aliphatic carbocycles. The Morgan fingerprint density at radius 3 is 2.30 bits per heavy atom. The summed E-state index contributed by atoms with van der Waals surface area (Å²) in [5.74, 6) is 0.577. The maximum atomic E-state index is 12.4. The molecule has 0 atom stereocenters. The monoisotopic (exact) mass is 363 g/mol. The molecule has 3 heterocycles. The van der Waals surface area contributed by atoms with Crippen LogP contribution in [0.2, 0.25) is 0 Å². The van der Waals surface area contributed by atoms with Crippen LogP contribution in [0, 0.1) is 0 Å². The fourth-order valence-electron chi connectivity index (χ4n) is 3.35. The first kappa shape index (κ1) is 17.5.